The van der Waals surface area contributed by atoms with Crippen LogP contribution in [-0.4, -0.2) is 56.1 Å². The van der Waals surface area contributed by atoms with Gasteiger partial charge < -0.3 is 14.8 Å². The van der Waals surface area contributed by atoms with Crippen molar-refractivity contribution in [2.24, 2.45) is 0 Å². The summed E-state index contributed by atoms with van der Waals surface area (Å²) in [6.07, 6.45) is 4.99. The normalized spacial score (nSPS) is 33.8. The van der Waals surface area contributed by atoms with Gasteiger partial charge in [-0.1, -0.05) is 0 Å². The second-order valence-electron chi connectivity index (χ2n) is 5.42. The quantitative estimate of drug-likeness (QED) is 0.763. The number of hydrogen-bond donors (Lipinski definition) is 1. The van der Waals surface area contributed by atoms with Crippen LogP contribution in [0.3, 0.4) is 0 Å². The molecule has 1 saturated carbocycles. The SMILES string of the molecule is CN(CC1COC2(CCCC2)O1)C1CNC1. The number of nitrogens with zero attached hydrogens (tertiary/aromatic N) is 1. The molecule has 1 atom stereocenters. The van der Waals surface area contributed by atoms with Crippen molar-refractivity contribution in [2.45, 2.75) is 43.6 Å². The van der Waals surface area contributed by atoms with E-state index in [1.165, 1.54) is 12.8 Å². The number of hydrogen-bond acceptors (Lipinski definition) is 4. The molecule has 4 nitrogen and oxygen atoms in total. The molecule has 0 aromatic heterocycles. The van der Waals surface area contributed by atoms with E-state index in [1.807, 2.05) is 0 Å². The van der Waals surface area contributed by atoms with E-state index in [0.717, 1.165) is 39.1 Å². The highest BCUT2D eigenvalue weighted by atomic mass is 16.7. The molecule has 0 amide bonds. The molecular weight excluding hydrogens is 204 g/mol. The minimum absolute atomic E-state index is 0.191. The largest absolute Gasteiger partial charge is 0.347 e. The van der Waals surface area contributed by atoms with Crippen molar-refractivity contribution >= 4 is 0 Å². The maximum Gasteiger partial charge on any atom is 0.168 e. The summed E-state index contributed by atoms with van der Waals surface area (Å²) in [6.45, 7) is 4.03. The standard InChI is InChI=1S/C12H22N2O2/c1-14(10-6-13-7-10)8-11-9-15-12(16-11)4-2-3-5-12/h10-11,13H,2-9H2,1H3. The molecule has 92 valence electrons. The molecule has 3 fully saturated rings. The third-order valence-electron chi connectivity index (χ3n) is 4.15. The Hall–Kier alpha value is -0.160. The molecule has 0 radical (unpaired) electrons. The lowest BCUT2D eigenvalue weighted by atomic mass is 10.1. The van der Waals surface area contributed by atoms with Gasteiger partial charge in [0.1, 0.15) is 0 Å². The molecule has 3 rings (SSSR count). The molecule has 1 spiro atoms. The first-order chi connectivity index (χ1) is 7.77. The third kappa shape index (κ3) is 1.99. The van der Waals surface area contributed by atoms with Crippen molar-refractivity contribution in [2.75, 3.05) is 33.3 Å². The summed E-state index contributed by atoms with van der Waals surface area (Å²) in [7, 11) is 2.19. The van der Waals surface area contributed by atoms with Crippen LogP contribution in [0.5, 0.6) is 0 Å². The van der Waals surface area contributed by atoms with Gasteiger partial charge in [0.2, 0.25) is 0 Å². The molecule has 1 N–H and O–H groups in total. The predicted octanol–water partition coefficient (Wildman–Crippen LogP) is 0.576. The van der Waals surface area contributed by atoms with E-state index in [-0.39, 0.29) is 11.9 Å². The van der Waals surface area contributed by atoms with Crippen LogP contribution in [0.1, 0.15) is 25.7 Å². The summed E-state index contributed by atoms with van der Waals surface area (Å²) in [6, 6.07) is 0.698. The van der Waals surface area contributed by atoms with Gasteiger partial charge in [-0.2, -0.15) is 0 Å². The summed E-state index contributed by atoms with van der Waals surface area (Å²) in [5.41, 5.74) is 0. The maximum absolute atomic E-state index is 6.11. The lowest BCUT2D eigenvalue weighted by molar-refractivity contribution is -0.163. The van der Waals surface area contributed by atoms with E-state index in [4.69, 9.17) is 9.47 Å². The zero-order chi connectivity index (χ0) is 11.0. The Morgan fingerprint density at radius 1 is 1.31 bits per heavy atom. The third-order valence-corrected chi connectivity index (χ3v) is 4.15. The molecule has 0 bridgehead atoms. The summed E-state index contributed by atoms with van der Waals surface area (Å²) in [5.74, 6) is -0.191. The molecule has 0 aromatic carbocycles. The Labute approximate surface area is 97.3 Å². The number of ether oxygens (including phenoxy) is 2. The van der Waals surface area contributed by atoms with E-state index in [9.17, 15) is 0 Å². The van der Waals surface area contributed by atoms with E-state index in [1.54, 1.807) is 0 Å². The summed E-state index contributed by atoms with van der Waals surface area (Å²) >= 11 is 0. The highest BCUT2D eigenvalue weighted by molar-refractivity contribution is 4.88. The first kappa shape index (κ1) is 11.0. The van der Waals surface area contributed by atoms with Gasteiger partial charge >= 0.3 is 0 Å². The number of rotatable bonds is 3. The lowest BCUT2D eigenvalue weighted by Crippen LogP contribution is -2.57. The van der Waals surface area contributed by atoms with Crippen LogP contribution in [0.4, 0.5) is 0 Å². The fourth-order valence-electron chi connectivity index (χ4n) is 2.94. The summed E-state index contributed by atoms with van der Waals surface area (Å²) in [5, 5.41) is 3.30. The smallest absolute Gasteiger partial charge is 0.168 e. The van der Waals surface area contributed by atoms with Gasteiger partial charge in [-0.25, -0.2) is 0 Å². The molecule has 4 heteroatoms. The first-order valence-corrected chi connectivity index (χ1v) is 6.50. The van der Waals surface area contributed by atoms with Crippen LogP contribution in [0, 0.1) is 0 Å². The van der Waals surface area contributed by atoms with Crippen molar-refractivity contribution in [1.29, 1.82) is 0 Å². The fraction of sp³-hybridized carbons (Fsp3) is 1.00. The van der Waals surface area contributed by atoms with Gasteiger partial charge in [-0.05, 0) is 19.9 Å². The minimum atomic E-state index is -0.191. The van der Waals surface area contributed by atoms with Gasteiger partial charge in [-0.3, -0.25) is 4.90 Å². The second kappa shape index (κ2) is 4.26. The van der Waals surface area contributed by atoms with Crippen molar-refractivity contribution in [3.8, 4) is 0 Å². The Bertz CT molecular complexity index is 249. The van der Waals surface area contributed by atoms with Crippen LogP contribution in [0.2, 0.25) is 0 Å². The highest BCUT2D eigenvalue weighted by Gasteiger charge is 2.44. The number of nitrogens with one attached hydrogen (secondary N) is 1. The van der Waals surface area contributed by atoms with Crippen LogP contribution in [-0.2, 0) is 9.47 Å². The molecule has 2 aliphatic heterocycles. The van der Waals surface area contributed by atoms with Gasteiger partial charge in [0.05, 0.1) is 12.7 Å². The van der Waals surface area contributed by atoms with Gasteiger partial charge in [0.25, 0.3) is 0 Å². The van der Waals surface area contributed by atoms with Crippen LogP contribution in [0.15, 0.2) is 0 Å². The average molecular weight is 226 g/mol. The van der Waals surface area contributed by atoms with Crippen molar-refractivity contribution in [3.63, 3.8) is 0 Å². The van der Waals surface area contributed by atoms with Crippen molar-refractivity contribution in [1.82, 2.24) is 10.2 Å². The minimum Gasteiger partial charge on any atom is -0.347 e. The Morgan fingerprint density at radius 2 is 2.06 bits per heavy atom. The molecule has 1 aliphatic carbocycles. The van der Waals surface area contributed by atoms with Crippen LogP contribution in [0.25, 0.3) is 0 Å². The predicted molar refractivity (Wildman–Crippen MR) is 61.3 cm³/mol. The van der Waals surface area contributed by atoms with Crippen molar-refractivity contribution in [3.05, 3.63) is 0 Å². The second-order valence-corrected chi connectivity index (χ2v) is 5.42. The van der Waals surface area contributed by atoms with Crippen LogP contribution >= 0.6 is 0 Å². The average Bonchev–Trinajstić information content (AvgIpc) is 2.75. The number of likely N-dealkylation sites (N-methyl/N-ethyl adjacent to an activating group) is 1. The van der Waals surface area contributed by atoms with Crippen molar-refractivity contribution < 1.29 is 9.47 Å². The maximum atomic E-state index is 6.11. The molecule has 16 heavy (non-hydrogen) atoms. The molecule has 2 saturated heterocycles. The monoisotopic (exact) mass is 226 g/mol. The van der Waals surface area contributed by atoms with Gasteiger partial charge in [-0.15, -0.1) is 0 Å². The summed E-state index contributed by atoms with van der Waals surface area (Å²) in [4.78, 5) is 2.40. The Morgan fingerprint density at radius 3 is 2.69 bits per heavy atom. The van der Waals surface area contributed by atoms with Crippen LogP contribution < -0.4 is 5.32 Å². The zero-order valence-electron chi connectivity index (χ0n) is 10.1. The Kier molecular flexibility index (Phi) is 2.92. The molecule has 0 aromatic rings. The molecule has 3 aliphatic rings. The summed E-state index contributed by atoms with van der Waals surface area (Å²) < 4.78 is 12.0. The van der Waals surface area contributed by atoms with Gasteiger partial charge in [0.15, 0.2) is 5.79 Å². The molecule has 2 heterocycles. The molecule has 1 unspecified atom stereocenters. The van der Waals surface area contributed by atoms with E-state index >= 15 is 0 Å². The van der Waals surface area contributed by atoms with E-state index in [0.29, 0.717) is 6.04 Å². The van der Waals surface area contributed by atoms with E-state index < -0.39 is 0 Å². The van der Waals surface area contributed by atoms with E-state index in [2.05, 4.69) is 17.3 Å². The Balaban J connectivity index is 1.49. The zero-order valence-corrected chi connectivity index (χ0v) is 10.1. The van der Waals surface area contributed by atoms with Gasteiger partial charge in [0, 0.05) is 38.5 Å². The topological polar surface area (TPSA) is 33.7 Å². The first-order valence-electron chi connectivity index (χ1n) is 6.50. The highest BCUT2D eigenvalue weighted by Crippen LogP contribution is 2.39. The molecular formula is C12H22N2O2. The lowest BCUT2D eigenvalue weighted by Gasteiger charge is -2.36. The fourth-order valence-corrected chi connectivity index (χ4v) is 2.94.